The Morgan fingerprint density at radius 2 is 2.38 bits per heavy atom. The van der Waals surface area contributed by atoms with Gasteiger partial charge in [-0.25, -0.2) is 0 Å². The van der Waals surface area contributed by atoms with E-state index in [1.165, 1.54) is 10.5 Å². The maximum atomic E-state index is 11.1. The summed E-state index contributed by atoms with van der Waals surface area (Å²) in [5, 5.41) is 3.09. The normalized spacial score (nSPS) is 33.3. The highest BCUT2D eigenvalue weighted by molar-refractivity contribution is 8.04. The van der Waals surface area contributed by atoms with Crippen molar-refractivity contribution in [3.05, 3.63) is 10.5 Å². The van der Waals surface area contributed by atoms with E-state index in [9.17, 15) is 4.79 Å². The molecule has 0 radical (unpaired) electrons. The SMILES string of the molecule is NC(=O)C1C2=C(CNCC2)SC1N. The third-order valence-electron chi connectivity index (χ3n) is 2.50. The molecule has 2 unspecified atom stereocenters. The van der Waals surface area contributed by atoms with Gasteiger partial charge in [0.2, 0.25) is 5.91 Å². The highest BCUT2D eigenvalue weighted by Gasteiger charge is 2.37. The van der Waals surface area contributed by atoms with E-state index in [0.717, 1.165) is 19.5 Å². The minimum absolute atomic E-state index is 0.164. The quantitative estimate of drug-likeness (QED) is 0.525. The van der Waals surface area contributed by atoms with Crippen LogP contribution in [0.1, 0.15) is 6.42 Å². The number of rotatable bonds is 1. The molecule has 0 aromatic heterocycles. The van der Waals surface area contributed by atoms with Crippen molar-refractivity contribution in [2.45, 2.75) is 11.8 Å². The van der Waals surface area contributed by atoms with Crippen molar-refractivity contribution in [3.8, 4) is 0 Å². The third kappa shape index (κ3) is 1.47. The van der Waals surface area contributed by atoms with Gasteiger partial charge in [-0.3, -0.25) is 4.79 Å². The topological polar surface area (TPSA) is 81.1 Å². The summed E-state index contributed by atoms with van der Waals surface area (Å²) in [5.41, 5.74) is 12.3. The summed E-state index contributed by atoms with van der Waals surface area (Å²) < 4.78 is 0. The van der Waals surface area contributed by atoms with Gasteiger partial charge in [0, 0.05) is 11.4 Å². The van der Waals surface area contributed by atoms with E-state index >= 15 is 0 Å². The summed E-state index contributed by atoms with van der Waals surface area (Å²) in [5.74, 6) is -0.519. The number of nitrogens with two attached hydrogens (primary N) is 2. The van der Waals surface area contributed by atoms with Crippen LogP contribution in [0.3, 0.4) is 0 Å². The molecular formula is C8H13N3OS. The molecule has 0 saturated carbocycles. The lowest BCUT2D eigenvalue weighted by molar-refractivity contribution is -0.120. The third-order valence-corrected chi connectivity index (χ3v) is 3.74. The first-order chi connectivity index (χ1) is 6.20. The van der Waals surface area contributed by atoms with Crippen LogP contribution in [0.25, 0.3) is 0 Å². The van der Waals surface area contributed by atoms with E-state index in [-0.39, 0.29) is 17.2 Å². The first-order valence-corrected chi connectivity index (χ1v) is 5.22. The number of hydrogen-bond acceptors (Lipinski definition) is 4. The highest BCUT2D eigenvalue weighted by Crippen LogP contribution is 2.41. The molecule has 2 heterocycles. The molecule has 5 heteroatoms. The van der Waals surface area contributed by atoms with Gasteiger partial charge in [0.05, 0.1) is 11.3 Å². The van der Waals surface area contributed by atoms with Gasteiger partial charge >= 0.3 is 0 Å². The van der Waals surface area contributed by atoms with Crippen molar-refractivity contribution in [1.29, 1.82) is 0 Å². The van der Waals surface area contributed by atoms with Gasteiger partial charge in [0.1, 0.15) is 0 Å². The molecule has 0 aromatic carbocycles. The number of amides is 1. The molecule has 5 N–H and O–H groups in total. The smallest absolute Gasteiger partial charge is 0.227 e. The lowest BCUT2D eigenvalue weighted by Gasteiger charge is -2.17. The van der Waals surface area contributed by atoms with Crippen molar-refractivity contribution in [2.75, 3.05) is 13.1 Å². The standard InChI is InChI=1S/C8H13N3OS/c9-7(12)6-4-1-2-11-3-5(4)13-8(6)10/h6,8,11H,1-3,10H2,(H2,9,12). The van der Waals surface area contributed by atoms with Gasteiger partial charge in [0.15, 0.2) is 0 Å². The Balaban J connectivity index is 2.26. The van der Waals surface area contributed by atoms with E-state index in [2.05, 4.69) is 5.32 Å². The average molecular weight is 199 g/mol. The zero-order valence-corrected chi connectivity index (χ0v) is 8.06. The predicted molar refractivity (Wildman–Crippen MR) is 52.8 cm³/mol. The Morgan fingerprint density at radius 1 is 1.62 bits per heavy atom. The number of primary amides is 1. The minimum atomic E-state index is -0.285. The fraction of sp³-hybridized carbons (Fsp3) is 0.625. The largest absolute Gasteiger partial charge is 0.369 e. The number of thioether (sulfide) groups is 1. The van der Waals surface area contributed by atoms with Crippen molar-refractivity contribution >= 4 is 17.7 Å². The first kappa shape index (κ1) is 9.05. The summed E-state index contributed by atoms with van der Waals surface area (Å²) in [6.07, 6.45) is 0.906. The maximum absolute atomic E-state index is 11.1. The van der Waals surface area contributed by atoms with E-state index in [1.807, 2.05) is 0 Å². The van der Waals surface area contributed by atoms with Crippen LogP contribution >= 0.6 is 11.8 Å². The summed E-state index contributed by atoms with van der Waals surface area (Å²) in [6, 6.07) is 0. The second-order valence-corrected chi connectivity index (χ2v) is 4.61. The predicted octanol–water partition coefficient (Wildman–Crippen LogP) is -0.633. The molecule has 0 saturated heterocycles. The summed E-state index contributed by atoms with van der Waals surface area (Å²) in [4.78, 5) is 12.4. The number of nitrogens with one attached hydrogen (secondary N) is 1. The van der Waals surface area contributed by atoms with Crippen molar-refractivity contribution in [2.24, 2.45) is 17.4 Å². The Hall–Kier alpha value is -0.520. The molecule has 1 amide bonds. The molecule has 0 aliphatic carbocycles. The van der Waals surface area contributed by atoms with Crippen molar-refractivity contribution < 1.29 is 4.79 Å². The highest BCUT2D eigenvalue weighted by atomic mass is 32.2. The van der Waals surface area contributed by atoms with Gasteiger partial charge in [-0.1, -0.05) is 0 Å². The van der Waals surface area contributed by atoms with E-state index < -0.39 is 0 Å². The van der Waals surface area contributed by atoms with Crippen LogP contribution in [0, 0.1) is 5.92 Å². The van der Waals surface area contributed by atoms with Gasteiger partial charge in [-0.05, 0) is 18.5 Å². The van der Waals surface area contributed by atoms with Crippen LogP contribution in [0.2, 0.25) is 0 Å². The van der Waals surface area contributed by atoms with Crippen LogP contribution in [-0.2, 0) is 4.79 Å². The molecular weight excluding hydrogens is 186 g/mol. The minimum Gasteiger partial charge on any atom is -0.369 e. The molecule has 0 aromatic rings. The summed E-state index contributed by atoms with van der Waals surface area (Å²) in [7, 11) is 0. The zero-order chi connectivity index (χ0) is 9.42. The molecule has 2 aliphatic rings. The Morgan fingerprint density at radius 3 is 3.08 bits per heavy atom. The molecule has 0 bridgehead atoms. The van der Waals surface area contributed by atoms with Crippen LogP contribution < -0.4 is 16.8 Å². The lowest BCUT2D eigenvalue weighted by atomic mass is 9.94. The second kappa shape index (κ2) is 3.32. The summed E-state index contributed by atoms with van der Waals surface area (Å²) in [6.45, 7) is 1.77. The van der Waals surface area contributed by atoms with Gasteiger partial charge in [0.25, 0.3) is 0 Å². The van der Waals surface area contributed by atoms with Gasteiger partial charge in [-0.15, -0.1) is 11.8 Å². The summed E-state index contributed by atoms with van der Waals surface area (Å²) >= 11 is 1.58. The van der Waals surface area contributed by atoms with Crippen LogP contribution in [0.4, 0.5) is 0 Å². The Kier molecular flexibility index (Phi) is 2.31. The van der Waals surface area contributed by atoms with Crippen molar-refractivity contribution in [3.63, 3.8) is 0 Å². The van der Waals surface area contributed by atoms with Gasteiger partial charge in [-0.2, -0.15) is 0 Å². The molecule has 4 nitrogen and oxygen atoms in total. The van der Waals surface area contributed by atoms with E-state index in [0.29, 0.717) is 0 Å². The molecule has 72 valence electrons. The molecule has 0 fully saturated rings. The monoisotopic (exact) mass is 199 g/mol. The number of carbonyl (C=O) groups is 1. The second-order valence-electron chi connectivity index (χ2n) is 3.34. The fourth-order valence-electron chi connectivity index (χ4n) is 1.89. The molecule has 13 heavy (non-hydrogen) atoms. The lowest BCUT2D eigenvalue weighted by Crippen LogP contribution is -2.36. The average Bonchev–Trinajstić information content (AvgIpc) is 2.39. The molecule has 2 atom stereocenters. The van der Waals surface area contributed by atoms with E-state index in [1.54, 1.807) is 11.8 Å². The Labute approximate surface area is 81.1 Å². The molecule has 2 aliphatic heterocycles. The first-order valence-electron chi connectivity index (χ1n) is 4.34. The number of hydrogen-bond donors (Lipinski definition) is 3. The van der Waals surface area contributed by atoms with E-state index in [4.69, 9.17) is 11.5 Å². The fourth-order valence-corrected chi connectivity index (χ4v) is 3.22. The number of carbonyl (C=O) groups excluding carboxylic acids is 1. The van der Waals surface area contributed by atoms with Crippen LogP contribution in [0.15, 0.2) is 10.5 Å². The molecule has 2 rings (SSSR count). The van der Waals surface area contributed by atoms with Crippen molar-refractivity contribution in [1.82, 2.24) is 5.32 Å². The molecule has 0 spiro atoms. The Bertz CT molecular complexity index is 277. The zero-order valence-electron chi connectivity index (χ0n) is 7.25. The van der Waals surface area contributed by atoms with Crippen LogP contribution in [-0.4, -0.2) is 24.4 Å². The van der Waals surface area contributed by atoms with Gasteiger partial charge < -0.3 is 16.8 Å². The van der Waals surface area contributed by atoms with Crippen LogP contribution in [0.5, 0.6) is 0 Å². The maximum Gasteiger partial charge on any atom is 0.227 e.